The minimum atomic E-state index is -0.898. The number of ether oxygens (including phenoxy) is 1. The number of nitrogens with zero attached hydrogens (tertiary/aromatic N) is 1. The normalized spacial score (nSPS) is 14.8. The number of hydrogen-bond donors (Lipinski definition) is 1. The molecule has 1 heterocycles. The van der Waals surface area contributed by atoms with Gasteiger partial charge in [-0.25, -0.2) is 9.18 Å². The Hall–Kier alpha value is -4.53. The van der Waals surface area contributed by atoms with Crippen molar-refractivity contribution in [2.45, 2.75) is 19.1 Å². The fourth-order valence-electron chi connectivity index (χ4n) is 4.54. The topological polar surface area (TPSA) is 66.8 Å². The smallest absolute Gasteiger partial charge is 0.326 e. The van der Waals surface area contributed by atoms with E-state index in [1.54, 1.807) is 47.4 Å². The van der Waals surface area contributed by atoms with Gasteiger partial charge < -0.3 is 14.7 Å². The Balaban J connectivity index is 1.16. The summed E-state index contributed by atoms with van der Waals surface area (Å²) in [7, 11) is 0. The third kappa shape index (κ3) is 8.28. The number of thiocarbonyl (C=S) groups is 1. The zero-order valence-corrected chi connectivity index (χ0v) is 24.7. The Kier molecular flexibility index (Phi) is 9.81. The molecule has 43 heavy (non-hydrogen) atoms. The van der Waals surface area contributed by atoms with Crippen molar-refractivity contribution in [3.05, 3.63) is 148 Å². The van der Waals surface area contributed by atoms with E-state index < -0.39 is 12.0 Å². The molecule has 1 unspecified atom stereocenters. The van der Waals surface area contributed by atoms with Crippen LogP contribution in [0.1, 0.15) is 32.6 Å². The van der Waals surface area contributed by atoms with Gasteiger partial charge in [0.1, 0.15) is 28.5 Å². The van der Waals surface area contributed by atoms with Crippen molar-refractivity contribution in [3.63, 3.8) is 0 Å². The molecule has 1 saturated heterocycles. The molecule has 0 bridgehead atoms. The Morgan fingerprint density at radius 3 is 2.26 bits per heavy atom. The van der Waals surface area contributed by atoms with Gasteiger partial charge in [0.25, 0.3) is 0 Å². The van der Waals surface area contributed by atoms with Gasteiger partial charge in [-0.1, -0.05) is 96.8 Å². The van der Waals surface area contributed by atoms with Crippen LogP contribution in [0.2, 0.25) is 0 Å². The van der Waals surface area contributed by atoms with E-state index >= 15 is 0 Å². The quantitative estimate of drug-likeness (QED) is 0.106. The molecule has 1 atom stereocenters. The maximum Gasteiger partial charge on any atom is 0.326 e. The Bertz CT molecular complexity index is 1650. The van der Waals surface area contributed by atoms with E-state index in [1.165, 1.54) is 30.0 Å². The predicted molar refractivity (Wildman–Crippen MR) is 173 cm³/mol. The fourth-order valence-corrected chi connectivity index (χ4v) is 5.98. The van der Waals surface area contributed by atoms with E-state index in [2.05, 4.69) is 0 Å². The first-order valence-corrected chi connectivity index (χ1v) is 14.8. The zero-order valence-electron chi connectivity index (χ0n) is 23.1. The summed E-state index contributed by atoms with van der Waals surface area (Å²) in [5.74, 6) is -0.700. The molecule has 4 aromatic carbocycles. The lowest BCUT2D eigenvalue weighted by Gasteiger charge is -2.25. The summed E-state index contributed by atoms with van der Waals surface area (Å²) in [6.07, 6.45) is 5.68. The number of carbonyl (C=O) groups is 2. The van der Waals surface area contributed by atoms with Gasteiger partial charge in [0.2, 0.25) is 0 Å². The van der Waals surface area contributed by atoms with E-state index in [4.69, 9.17) is 17.0 Å². The van der Waals surface area contributed by atoms with Crippen LogP contribution in [0, 0.1) is 5.82 Å². The van der Waals surface area contributed by atoms with E-state index in [1.807, 2.05) is 60.7 Å². The molecule has 1 aliphatic rings. The first kappa shape index (κ1) is 29.9. The number of benzene rings is 4. The van der Waals surface area contributed by atoms with Crippen LogP contribution < -0.4 is 4.74 Å². The highest BCUT2D eigenvalue weighted by Crippen LogP contribution is 2.33. The maximum atomic E-state index is 13.1. The SMILES string of the molecule is O=C(/C=C/c1ccc(C=C2CN(C(Cc3ccccc3)C(=O)O)C(=S)S2)cc1)c1ccc(OCc2ccc(F)cc2)cc1. The molecule has 1 N–H and O–H groups in total. The number of halogens is 1. The van der Waals surface area contributed by atoms with Crippen LogP contribution in [-0.2, 0) is 17.8 Å². The second-order valence-electron chi connectivity index (χ2n) is 9.95. The highest BCUT2D eigenvalue weighted by Gasteiger charge is 2.33. The van der Waals surface area contributed by atoms with Crippen LogP contribution in [0.25, 0.3) is 12.2 Å². The van der Waals surface area contributed by atoms with Crippen molar-refractivity contribution in [2.75, 3.05) is 6.54 Å². The number of carboxylic acid groups (broad SMARTS) is 1. The van der Waals surface area contributed by atoms with Crippen LogP contribution >= 0.6 is 24.0 Å². The molecule has 0 aromatic heterocycles. The first-order chi connectivity index (χ1) is 20.8. The monoisotopic (exact) mass is 609 g/mol. The van der Waals surface area contributed by atoms with Crippen LogP contribution in [0.5, 0.6) is 5.75 Å². The Morgan fingerprint density at radius 1 is 0.907 bits per heavy atom. The Morgan fingerprint density at radius 2 is 1.58 bits per heavy atom. The van der Waals surface area contributed by atoms with E-state index in [0.29, 0.717) is 35.2 Å². The second kappa shape index (κ2) is 14.1. The fraction of sp³-hybridized carbons (Fsp3) is 0.114. The summed E-state index contributed by atoms with van der Waals surface area (Å²) >= 11 is 6.95. The van der Waals surface area contributed by atoms with Gasteiger partial charge in [-0.3, -0.25) is 4.79 Å². The number of carboxylic acids is 1. The highest BCUT2D eigenvalue weighted by molar-refractivity contribution is 8.25. The van der Waals surface area contributed by atoms with Gasteiger partial charge in [0.05, 0.1) is 6.54 Å². The van der Waals surface area contributed by atoms with E-state index in [-0.39, 0.29) is 11.6 Å². The molecule has 216 valence electrons. The lowest BCUT2D eigenvalue weighted by Crippen LogP contribution is -2.42. The average Bonchev–Trinajstić information content (AvgIpc) is 3.38. The molecule has 5 nitrogen and oxygen atoms in total. The average molecular weight is 610 g/mol. The van der Waals surface area contributed by atoms with Crippen molar-refractivity contribution in [1.29, 1.82) is 0 Å². The van der Waals surface area contributed by atoms with Gasteiger partial charge in [-0.2, -0.15) is 0 Å². The highest BCUT2D eigenvalue weighted by atomic mass is 32.2. The van der Waals surface area contributed by atoms with Gasteiger partial charge in [0.15, 0.2) is 5.78 Å². The number of allylic oxidation sites excluding steroid dienone is 1. The summed E-state index contributed by atoms with van der Waals surface area (Å²) in [6, 6.07) is 29.6. The molecule has 1 fully saturated rings. The van der Waals surface area contributed by atoms with Crippen LogP contribution in [0.4, 0.5) is 4.39 Å². The predicted octanol–water partition coefficient (Wildman–Crippen LogP) is 7.67. The first-order valence-electron chi connectivity index (χ1n) is 13.6. The third-order valence-electron chi connectivity index (χ3n) is 6.86. The standard InChI is InChI=1S/C35H28FNO4S2/c36-29-15-10-27(11-16-29)23-41-30-17-13-28(14-18-30)33(38)19-12-24-6-8-26(9-7-24)20-31-22-37(35(42)43-31)32(34(39)40)21-25-4-2-1-3-5-25/h1-20,32H,21-23H2,(H,39,40)/b19-12+,31-20?. The molecule has 1 aliphatic heterocycles. The van der Waals surface area contributed by atoms with Crippen molar-refractivity contribution in [3.8, 4) is 5.75 Å². The number of thioether (sulfide) groups is 1. The zero-order chi connectivity index (χ0) is 30.2. The van der Waals surface area contributed by atoms with Crippen molar-refractivity contribution >= 4 is 52.2 Å². The number of carbonyl (C=O) groups excluding carboxylic acids is 1. The summed E-state index contributed by atoms with van der Waals surface area (Å²) in [4.78, 5) is 27.5. The molecule has 0 radical (unpaired) electrons. The van der Waals surface area contributed by atoms with E-state index in [9.17, 15) is 19.1 Å². The summed E-state index contributed by atoms with van der Waals surface area (Å²) in [5, 5.41) is 9.89. The minimum Gasteiger partial charge on any atom is -0.489 e. The third-order valence-corrected chi connectivity index (χ3v) is 8.26. The van der Waals surface area contributed by atoms with Crippen LogP contribution in [-0.4, -0.2) is 38.7 Å². The molecule has 4 aromatic rings. The van der Waals surface area contributed by atoms with Gasteiger partial charge in [-0.05, 0) is 70.8 Å². The lowest BCUT2D eigenvalue weighted by molar-refractivity contribution is -0.141. The van der Waals surface area contributed by atoms with Crippen LogP contribution in [0.3, 0.4) is 0 Å². The minimum absolute atomic E-state index is 0.129. The molecule has 0 aliphatic carbocycles. The molecule has 0 saturated carbocycles. The summed E-state index contributed by atoms with van der Waals surface area (Å²) in [5.41, 5.74) is 4.18. The molecule has 8 heteroatoms. The Labute approximate surface area is 259 Å². The maximum absolute atomic E-state index is 13.1. The summed E-state index contributed by atoms with van der Waals surface area (Å²) in [6.45, 7) is 0.750. The molecule has 0 spiro atoms. The van der Waals surface area contributed by atoms with Gasteiger partial charge in [0, 0.05) is 16.9 Å². The molecular formula is C35H28FNO4S2. The van der Waals surface area contributed by atoms with Crippen LogP contribution in [0.15, 0.2) is 114 Å². The number of aliphatic carboxylic acids is 1. The number of hydrogen-bond acceptors (Lipinski definition) is 5. The van der Waals surface area contributed by atoms with Gasteiger partial charge >= 0.3 is 5.97 Å². The second-order valence-corrected chi connectivity index (χ2v) is 11.7. The van der Waals surface area contributed by atoms with Crippen molar-refractivity contribution in [2.24, 2.45) is 0 Å². The molecule has 5 rings (SSSR count). The van der Waals surface area contributed by atoms with Gasteiger partial charge in [-0.15, -0.1) is 0 Å². The lowest BCUT2D eigenvalue weighted by atomic mass is 10.0. The summed E-state index contributed by atoms with van der Waals surface area (Å²) < 4.78 is 19.3. The van der Waals surface area contributed by atoms with Crippen molar-refractivity contribution < 1.29 is 23.8 Å². The van der Waals surface area contributed by atoms with E-state index in [0.717, 1.165) is 27.2 Å². The van der Waals surface area contributed by atoms with Crippen molar-refractivity contribution in [1.82, 2.24) is 4.90 Å². The number of ketones is 1. The largest absolute Gasteiger partial charge is 0.489 e. The number of rotatable bonds is 11. The molecular weight excluding hydrogens is 582 g/mol. The molecule has 0 amide bonds.